The van der Waals surface area contributed by atoms with Gasteiger partial charge in [0.2, 0.25) is 0 Å². The van der Waals surface area contributed by atoms with Gasteiger partial charge in [0.1, 0.15) is 0 Å². The molecule has 0 N–H and O–H groups in total. The van der Waals surface area contributed by atoms with Gasteiger partial charge in [0, 0.05) is 0 Å². The Morgan fingerprint density at radius 1 is 1.17 bits per heavy atom. The molecule has 0 aromatic rings. The third-order valence-corrected chi connectivity index (χ3v) is 0. The van der Waals surface area contributed by atoms with Gasteiger partial charge >= 0.3 is 51.4 Å². The summed E-state index contributed by atoms with van der Waals surface area (Å²) >= 11 is 0. The van der Waals surface area contributed by atoms with E-state index in [0.717, 1.165) is 0 Å². The summed E-state index contributed by atoms with van der Waals surface area (Å²) in [4.78, 5) is 27.4. The van der Waals surface area contributed by atoms with Crippen molar-refractivity contribution >= 4 is 8.80 Å². The molecule has 0 saturated carbocycles. The van der Waals surface area contributed by atoms with E-state index in [-0.39, 0.29) is 51.4 Å². The summed E-state index contributed by atoms with van der Waals surface area (Å²) in [7, 11) is -4.36. The fourth-order valence-corrected chi connectivity index (χ4v) is 0. The van der Waals surface area contributed by atoms with Crippen LogP contribution in [0, 0.1) is 0 Å². The average molecular weight is 130 g/mol. The number of rotatable bonds is 0. The SMILES string of the molecule is C[Si]([O-])([O-])[O-].[K+]. The predicted molar refractivity (Wildman–Crippen MR) is 11.6 cm³/mol. The molecule has 32 valence electrons. The quantitative estimate of drug-likeness (QED) is 0.306. The smallest absolute Gasteiger partial charge is 0.881 e. The van der Waals surface area contributed by atoms with Crippen LogP contribution in [0.2, 0.25) is 6.55 Å². The molecule has 0 aromatic heterocycles. The van der Waals surface area contributed by atoms with Crippen molar-refractivity contribution in [3.63, 3.8) is 0 Å². The molecule has 0 spiro atoms. The zero-order chi connectivity index (χ0) is 4.50. The summed E-state index contributed by atoms with van der Waals surface area (Å²) in [5.74, 6) is 0. The zero-order valence-corrected chi connectivity index (χ0v) is 7.85. The second-order valence-electron chi connectivity index (χ2n) is 0.862. The fourth-order valence-electron chi connectivity index (χ4n) is 0. The molecule has 0 radical (unpaired) electrons. The van der Waals surface area contributed by atoms with E-state index in [2.05, 4.69) is 0 Å². The molecule has 6 heavy (non-hydrogen) atoms. The summed E-state index contributed by atoms with van der Waals surface area (Å²) in [5.41, 5.74) is 0. The van der Waals surface area contributed by atoms with Gasteiger partial charge in [-0.15, -0.1) is 6.55 Å². The van der Waals surface area contributed by atoms with E-state index in [1.54, 1.807) is 0 Å². The van der Waals surface area contributed by atoms with Crippen molar-refractivity contribution in [3.8, 4) is 0 Å². The monoisotopic (exact) mass is 130 g/mol. The molecule has 5 heteroatoms. The molecule has 0 aliphatic heterocycles. The summed E-state index contributed by atoms with van der Waals surface area (Å²) < 4.78 is 0. The third kappa shape index (κ3) is 42.8. The van der Waals surface area contributed by atoms with Crippen LogP contribution in [-0.2, 0) is 0 Å². The summed E-state index contributed by atoms with van der Waals surface area (Å²) in [5, 5.41) is 0. The van der Waals surface area contributed by atoms with E-state index in [1.165, 1.54) is 0 Å². The number of hydrogen-bond donors (Lipinski definition) is 0. The number of hydrogen-bond acceptors (Lipinski definition) is 3. The second kappa shape index (κ2) is 3.70. The van der Waals surface area contributed by atoms with E-state index in [0.29, 0.717) is 6.55 Å². The van der Waals surface area contributed by atoms with Crippen molar-refractivity contribution in [1.82, 2.24) is 0 Å². The van der Waals surface area contributed by atoms with E-state index < -0.39 is 8.80 Å². The maximum absolute atomic E-state index is 9.13. The molecule has 0 atom stereocenters. The van der Waals surface area contributed by atoms with Gasteiger partial charge in [-0.2, -0.15) is 0 Å². The molecule has 0 amide bonds. The Morgan fingerprint density at radius 3 is 1.17 bits per heavy atom. The molecule has 0 heterocycles. The predicted octanol–water partition coefficient (Wildman–Crippen LogP) is -6.36. The minimum atomic E-state index is -4.36. The van der Waals surface area contributed by atoms with E-state index >= 15 is 0 Å². The minimum Gasteiger partial charge on any atom is -0.881 e. The van der Waals surface area contributed by atoms with Crippen molar-refractivity contribution in [2.75, 3.05) is 0 Å². The molecular formula is CH3KO3Si-2. The molecule has 0 rings (SSSR count). The Hall–Kier alpha value is 1.73. The van der Waals surface area contributed by atoms with Crippen LogP contribution in [0.5, 0.6) is 0 Å². The van der Waals surface area contributed by atoms with Crippen LogP contribution in [0.3, 0.4) is 0 Å². The first-order valence-electron chi connectivity index (χ1n) is 1.11. The Bertz CT molecular complexity index is 26.3. The van der Waals surface area contributed by atoms with Crippen molar-refractivity contribution in [1.29, 1.82) is 0 Å². The fraction of sp³-hybridized carbons (Fsp3) is 1.00. The van der Waals surface area contributed by atoms with E-state index in [1.807, 2.05) is 0 Å². The average Bonchev–Trinajstić information content (AvgIpc) is 0.722. The summed E-state index contributed by atoms with van der Waals surface area (Å²) in [6.07, 6.45) is 0. The van der Waals surface area contributed by atoms with Crippen LogP contribution in [0.4, 0.5) is 0 Å². The molecule has 0 aromatic carbocycles. The van der Waals surface area contributed by atoms with Crippen LogP contribution in [0.15, 0.2) is 0 Å². The van der Waals surface area contributed by atoms with Crippen molar-refractivity contribution in [2.45, 2.75) is 6.55 Å². The van der Waals surface area contributed by atoms with Crippen LogP contribution in [0.1, 0.15) is 0 Å². The summed E-state index contributed by atoms with van der Waals surface area (Å²) in [6.45, 7) is 0.660. The second-order valence-corrected chi connectivity index (χ2v) is 2.59. The molecule has 0 fully saturated rings. The van der Waals surface area contributed by atoms with E-state index in [9.17, 15) is 0 Å². The van der Waals surface area contributed by atoms with Gasteiger partial charge in [-0.25, -0.2) is 0 Å². The zero-order valence-electron chi connectivity index (χ0n) is 3.72. The molecule has 3 nitrogen and oxygen atoms in total. The van der Waals surface area contributed by atoms with Crippen molar-refractivity contribution < 1.29 is 65.8 Å². The minimum absolute atomic E-state index is 0. The van der Waals surface area contributed by atoms with Gasteiger partial charge in [-0.3, -0.25) is 8.80 Å². The Kier molecular flexibility index (Phi) is 6.58. The first-order valence-corrected chi connectivity index (χ1v) is 3.34. The van der Waals surface area contributed by atoms with Crippen LogP contribution < -0.4 is 65.8 Å². The van der Waals surface area contributed by atoms with Gasteiger partial charge in [0.05, 0.1) is 0 Å². The van der Waals surface area contributed by atoms with Crippen LogP contribution in [-0.4, -0.2) is 8.80 Å². The topological polar surface area (TPSA) is 69.2 Å². The van der Waals surface area contributed by atoms with Crippen molar-refractivity contribution in [2.24, 2.45) is 0 Å². The maximum atomic E-state index is 9.13. The largest absolute Gasteiger partial charge is 1.00 e. The van der Waals surface area contributed by atoms with Gasteiger partial charge in [-0.05, 0) is 0 Å². The van der Waals surface area contributed by atoms with E-state index in [4.69, 9.17) is 14.4 Å². The molecule has 0 saturated heterocycles. The van der Waals surface area contributed by atoms with Gasteiger partial charge in [0.25, 0.3) is 0 Å². The standard InChI is InChI=1S/CH3O3Si.K/c1-5(2,3)4;/h1H3;/q-3;+1. The Morgan fingerprint density at radius 2 is 1.17 bits per heavy atom. The summed E-state index contributed by atoms with van der Waals surface area (Å²) in [6, 6.07) is 0. The molecule has 0 unspecified atom stereocenters. The maximum Gasteiger partial charge on any atom is 1.00 e. The molecule has 0 aliphatic carbocycles. The van der Waals surface area contributed by atoms with Gasteiger partial charge in [-0.1, -0.05) is 0 Å². The normalized spacial score (nSPS) is 10.0. The van der Waals surface area contributed by atoms with Crippen LogP contribution >= 0.6 is 0 Å². The first-order chi connectivity index (χ1) is 2.00. The van der Waals surface area contributed by atoms with Gasteiger partial charge in [0.15, 0.2) is 0 Å². The first kappa shape index (κ1) is 10.7. The molecular weight excluding hydrogens is 127 g/mol. The van der Waals surface area contributed by atoms with Crippen LogP contribution in [0.25, 0.3) is 0 Å². The van der Waals surface area contributed by atoms with Crippen molar-refractivity contribution in [3.05, 3.63) is 0 Å². The Labute approximate surface area is 79.8 Å². The Balaban J connectivity index is 0. The molecule has 0 bridgehead atoms. The van der Waals surface area contributed by atoms with Gasteiger partial charge < -0.3 is 14.4 Å². The molecule has 0 aliphatic rings. The third-order valence-electron chi connectivity index (χ3n) is 0.